The zero-order valence-electron chi connectivity index (χ0n) is 14.5. The van der Waals surface area contributed by atoms with E-state index >= 15 is 0 Å². The van der Waals surface area contributed by atoms with Gasteiger partial charge in [-0.2, -0.15) is 0 Å². The van der Waals surface area contributed by atoms with E-state index in [0.717, 1.165) is 11.3 Å². The number of benzene rings is 1. The van der Waals surface area contributed by atoms with Crippen LogP contribution in [0.2, 0.25) is 0 Å². The highest BCUT2D eigenvalue weighted by Crippen LogP contribution is 2.53. The van der Waals surface area contributed by atoms with Crippen molar-refractivity contribution >= 4 is 11.9 Å². The summed E-state index contributed by atoms with van der Waals surface area (Å²) in [4.78, 5) is 27.1. The van der Waals surface area contributed by atoms with Gasteiger partial charge in [-0.05, 0) is 24.6 Å². The van der Waals surface area contributed by atoms with E-state index in [1.165, 1.54) is 7.11 Å². The quantitative estimate of drug-likeness (QED) is 0.615. The Hall–Kier alpha value is -2.34. The number of ether oxygens (including phenoxy) is 3. The van der Waals surface area contributed by atoms with Crippen molar-refractivity contribution in [2.45, 2.75) is 24.7 Å². The Morgan fingerprint density at radius 1 is 1.32 bits per heavy atom. The zero-order chi connectivity index (χ0) is 17.8. The van der Waals surface area contributed by atoms with Crippen LogP contribution in [-0.4, -0.2) is 49.2 Å². The van der Waals surface area contributed by atoms with Crippen LogP contribution in [0.25, 0.3) is 0 Å². The Kier molecular flexibility index (Phi) is 3.61. The largest absolute Gasteiger partial charge is 0.497 e. The molecule has 5 atom stereocenters. The Balaban J connectivity index is 1.62. The molecule has 2 fully saturated rings. The van der Waals surface area contributed by atoms with Crippen molar-refractivity contribution in [2.75, 3.05) is 20.8 Å². The van der Waals surface area contributed by atoms with Gasteiger partial charge in [-0.15, -0.1) is 0 Å². The average Bonchev–Trinajstić information content (AvgIpc) is 3.29. The van der Waals surface area contributed by atoms with Crippen molar-refractivity contribution in [3.05, 3.63) is 42.0 Å². The van der Waals surface area contributed by atoms with Crippen LogP contribution in [0.1, 0.15) is 18.5 Å². The Labute approximate surface area is 146 Å². The fourth-order valence-corrected chi connectivity index (χ4v) is 4.32. The molecule has 3 aliphatic rings. The third-order valence-electron chi connectivity index (χ3n) is 5.67. The summed E-state index contributed by atoms with van der Waals surface area (Å²) in [6, 6.07) is 7.55. The molecule has 0 aliphatic carbocycles. The zero-order valence-corrected chi connectivity index (χ0v) is 14.5. The van der Waals surface area contributed by atoms with Gasteiger partial charge in [0.2, 0.25) is 5.91 Å². The minimum absolute atomic E-state index is 0.0504. The van der Waals surface area contributed by atoms with Crippen LogP contribution >= 0.6 is 0 Å². The lowest BCUT2D eigenvalue weighted by Gasteiger charge is -2.27. The number of nitrogens with zero attached hydrogens (tertiary/aromatic N) is 1. The van der Waals surface area contributed by atoms with E-state index in [0.29, 0.717) is 6.54 Å². The molecule has 3 aliphatic heterocycles. The number of carbonyl (C=O) groups excluding carboxylic acids is 2. The molecule has 0 radical (unpaired) electrons. The maximum absolute atomic E-state index is 13.1. The fraction of sp³-hybridized carbons (Fsp3) is 0.474. The highest BCUT2D eigenvalue weighted by atomic mass is 16.5. The minimum Gasteiger partial charge on any atom is -0.497 e. The number of fused-ring (bicyclic) bond motifs is 1. The summed E-state index contributed by atoms with van der Waals surface area (Å²) in [5.74, 6) is -0.722. The van der Waals surface area contributed by atoms with Gasteiger partial charge >= 0.3 is 5.97 Å². The summed E-state index contributed by atoms with van der Waals surface area (Å²) in [6.07, 6.45) is 3.47. The number of rotatable bonds is 4. The van der Waals surface area contributed by atoms with E-state index < -0.39 is 17.4 Å². The smallest absolute Gasteiger partial charge is 0.312 e. The predicted molar refractivity (Wildman–Crippen MR) is 88.9 cm³/mol. The van der Waals surface area contributed by atoms with Crippen LogP contribution in [0.5, 0.6) is 5.75 Å². The van der Waals surface area contributed by atoms with Crippen molar-refractivity contribution in [1.82, 2.24) is 4.90 Å². The van der Waals surface area contributed by atoms with Crippen LogP contribution in [0.4, 0.5) is 0 Å². The molecule has 2 bridgehead atoms. The molecule has 6 heteroatoms. The third kappa shape index (κ3) is 2.20. The lowest BCUT2D eigenvalue weighted by Crippen LogP contribution is -2.39. The van der Waals surface area contributed by atoms with Crippen molar-refractivity contribution in [3.8, 4) is 5.75 Å². The molecule has 132 valence electrons. The summed E-state index contributed by atoms with van der Waals surface area (Å²) in [6.45, 7) is 2.44. The van der Waals surface area contributed by atoms with Crippen LogP contribution in [-0.2, 0) is 19.1 Å². The van der Waals surface area contributed by atoms with Gasteiger partial charge in [0.25, 0.3) is 0 Å². The highest BCUT2D eigenvalue weighted by Gasteiger charge is 2.67. The molecular formula is C19H21NO5. The number of methoxy groups -OCH3 is 2. The van der Waals surface area contributed by atoms with Crippen LogP contribution < -0.4 is 4.74 Å². The second kappa shape index (κ2) is 5.59. The summed E-state index contributed by atoms with van der Waals surface area (Å²) >= 11 is 0. The standard InChI is InChI=1S/C19H21NO5/c1-11(12-4-6-13(23-2)7-5-12)20-10-19-9-8-14(25-19)15(18(22)24-3)16(19)17(20)21/h4-9,11,14-16H,10H2,1-3H3/t11-,14-,15-,16+,19+/m1/s1. The molecule has 0 N–H and O–H groups in total. The molecule has 1 aromatic rings. The number of amides is 1. The summed E-state index contributed by atoms with van der Waals surface area (Å²) in [7, 11) is 2.97. The summed E-state index contributed by atoms with van der Waals surface area (Å²) in [5.41, 5.74) is 0.306. The normalized spacial score (nSPS) is 33.5. The number of hydrogen-bond donors (Lipinski definition) is 0. The van der Waals surface area contributed by atoms with E-state index in [1.807, 2.05) is 43.3 Å². The number of esters is 1. The first-order valence-electron chi connectivity index (χ1n) is 8.40. The lowest BCUT2D eigenvalue weighted by molar-refractivity contribution is -0.151. The van der Waals surface area contributed by atoms with Gasteiger partial charge in [0.15, 0.2) is 0 Å². The van der Waals surface area contributed by atoms with Gasteiger partial charge in [0, 0.05) is 0 Å². The van der Waals surface area contributed by atoms with Gasteiger partial charge < -0.3 is 19.1 Å². The van der Waals surface area contributed by atoms with Gasteiger partial charge in [-0.3, -0.25) is 9.59 Å². The first-order chi connectivity index (χ1) is 12.0. The maximum atomic E-state index is 13.1. The van der Waals surface area contributed by atoms with Crippen LogP contribution in [0.3, 0.4) is 0 Å². The Morgan fingerprint density at radius 3 is 2.68 bits per heavy atom. The Bertz CT molecular complexity index is 743. The summed E-state index contributed by atoms with van der Waals surface area (Å²) in [5, 5.41) is 0. The molecule has 2 saturated heterocycles. The van der Waals surface area contributed by atoms with Crippen molar-refractivity contribution in [2.24, 2.45) is 11.8 Å². The SMILES string of the molecule is COC(=O)[C@H]1[C@H]2C(=O)N([C@H](C)c3ccc(OC)cc3)C[C@@]23C=C[C@H]1O3. The first-order valence-corrected chi connectivity index (χ1v) is 8.40. The number of hydrogen-bond acceptors (Lipinski definition) is 5. The molecule has 0 unspecified atom stereocenters. The molecule has 1 amide bonds. The van der Waals surface area contributed by atoms with E-state index in [4.69, 9.17) is 14.2 Å². The van der Waals surface area contributed by atoms with Crippen LogP contribution in [0, 0.1) is 11.8 Å². The lowest BCUT2D eigenvalue weighted by atomic mass is 9.77. The maximum Gasteiger partial charge on any atom is 0.312 e. The predicted octanol–water partition coefficient (Wildman–Crippen LogP) is 1.71. The van der Waals surface area contributed by atoms with Gasteiger partial charge in [-0.1, -0.05) is 24.3 Å². The van der Waals surface area contributed by atoms with Crippen molar-refractivity contribution in [3.63, 3.8) is 0 Å². The molecule has 6 nitrogen and oxygen atoms in total. The third-order valence-corrected chi connectivity index (χ3v) is 5.67. The second-order valence-corrected chi connectivity index (χ2v) is 6.84. The highest BCUT2D eigenvalue weighted by molar-refractivity contribution is 5.91. The van der Waals surface area contributed by atoms with E-state index in [2.05, 4.69) is 0 Å². The average molecular weight is 343 g/mol. The minimum atomic E-state index is -0.707. The molecule has 25 heavy (non-hydrogen) atoms. The van der Waals surface area contributed by atoms with E-state index in [9.17, 15) is 9.59 Å². The second-order valence-electron chi connectivity index (χ2n) is 6.84. The molecule has 1 aromatic carbocycles. The van der Waals surface area contributed by atoms with E-state index in [1.54, 1.807) is 12.0 Å². The molecular weight excluding hydrogens is 322 g/mol. The molecule has 0 aromatic heterocycles. The molecule has 0 saturated carbocycles. The molecule has 3 heterocycles. The monoisotopic (exact) mass is 343 g/mol. The number of carbonyl (C=O) groups is 2. The van der Waals surface area contributed by atoms with Crippen molar-refractivity contribution < 1.29 is 23.8 Å². The van der Waals surface area contributed by atoms with Crippen molar-refractivity contribution in [1.29, 1.82) is 0 Å². The number of likely N-dealkylation sites (tertiary alicyclic amines) is 1. The van der Waals surface area contributed by atoms with Gasteiger partial charge in [0.05, 0.1) is 38.8 Å². The van der Waals surface area contributed by atoms with Crippen LogP contribution in [0.15, 0.2) is 36.4 Å². The molecule has 4 rings (SSSR count). The first kappa shape index (κ1) is 16.1. The van der Waals surface area contributed by atoms with E-state index in [-0.39, 0.29) is 24.0 Å². The molecule has 1 spiro atoms. The Morgan fingerprint density at radius 2 is 2.04 bits per heavy atom. The van der Waals surface area contributed by atoms with Gasteiger partial charge in [0.1, 0.15) is 17.3 Å². The summed E-state index contributed by atoms with van der Waals surface area (Å²) < 4.78 is 16.1. The topological polar surface area (TPSA) is 65.1 Å². The fourth-order valence-electron chi connectivity index (χ4n) is 4.32. The van der Waals surface area contributed by atoms with Gasteiger partial charge in [-0.25, -0.2) is 0 Å².